The predicted molar refractivity (Wildman–Crippen MR) is 130 cm³/mol. The minimum Gasteiger partial charge on any atom is -0.263 e. The van der Waals surface area contributed by atoms with Gasteiger partial charge in [-0.1, -0.05) is 60.1 Å². The zero-order valence-corrected chi connectivity index (χ0v) is 19.1. The van der Waals surface area contributed by atoms with Gasteiger partial charge in [0, 0.05) is 24.2 Å². The Hall–Kier alpha value is -3.71. The lowest BCUT2D eigenvalue weighted by molar-refractivity contribution is 0.634. The van der Waals surface area contributed by atoms with Gasteiger partial charge in [-0.25, -0.2) is 14.5 Å². The molecule has 0 saturated heterocycles. The standard InChI is InChI=1S/C25H23ClN6O/c1-17-8-13-21(27-14-17)15-32-25(33)30(2)24(29-32)31-16-22(18-6-4-3-5-7-18)23(28-31)19-9-11-20(26)12-10-19/h3-14,22H,15-16H2,1-2H3. The number of hydrogen-bond donors (Lipinski definition) is 0. The normalized spacial score (nSPS) is 15.7. The van der Waals surface area contributed by atoms with Crippen LogP contribution < -0.4 is 10.7 Å². The number of rotatable bonds is 5. The fraction of sp³-hybridized carbons (Fsp3) is 0.200. The monoisotopic (exact) mass is 458 g/mol. The van der Waals surface area contributed by atoms with Crippen LogP contribution in [-0.2, 0) is 13.6 Å². The van der Waals surface area contributed by atoms with Gasteiger partial charge in [-0.2, -0.15) is 5.10 Å². The van der Waals surface area contributed by atoms with Gasteiger partial charge >= 0.3 is 5.69 Å². The van der Waals surface area contributed by atoms with Crippen LogP contribution in [-0.4, -0.2) is 31.6 Å². The van der Waals surface area contributed by atoms with Gasteiger partial charge in [0.25, 0.3) is 0 Å². The summed E-state index contributed by atoms with van der Waals surface area (Å²) in [5.41, 5.74) is 4.70. The summed E-state index contributed by atoms with van der Waals surface area (Å²) in [7, 11) is 1.72. The second-order valence-corrected chi connectivity index (χ2v) is 8.60. The smallest absolute Gasteiger partial charge is 0.263 e. The summed E-state index contributed by atoms with van der Waals surface area (Å²) in [6.45, 7) is 2.86. The highest BCUT2D eigenvalue weighted by molar-refractivity contribution is 6.30. The second kappa shape index (κ2) is 8.67. The van der Waals surface area contributed by atoms with Crippen molar-refractivity contribution >= 4 is 23.3 Å². The highest BCUT2D eigenvalue weighted by Crippen LogP contribution is 2.31. The number of pyridine rings is 1. The average molecular weight is 459 g/mol. The highest BCUT2D eigenvalue weighted by atomic mass is 35.5. The third-order valence-electron chi connectivity index (χ3n) is 5.79. The molecule has 0 fully saturated rings. The molecule has 4 aromatic rings. The lowest BCUT2D eigenvalue weighted by atomic mass is 9.91. The Labute approximate surface area is 196 Å². The lowest BCUT2D eigenvalue weighted by Gasteiger charge is -2.15. The molecule has 1 aliphatic rings. The number of benzene rings is 2. The van der Waals surface area contributed by atoms with Gasteiger partial charge in [-0.15, -0.1) is 5.10 Å². The number of halogens is 1. The van der Waals surface area contributed by atoms with Crippen LogP contribution in [0.5, 0.6) is 0 Å². The van der Waals surface area contributed by atoms with Crippen LogP contribution in [0, 0.1) is 6.92 Å². The van der Waals surface area contributed by atoms with Gasteiger partial charge in [0.1, 0.15) is 0 Å². The molecular weight excluding hydrogens is 436 g/mol. The van der Waals surface area contributed by atoms with E-state index in [1.54, 1.807) is 13.2 Å². The predicted octanol–water partition coefficient (Wildman–Crippen LogP) is 4.00. The SMILES string of the molecule is Cc1ccc(Cn2nc(N3CC(c4ccccc4)C(c4ccc(Cl)cc4)=N3)n(C)c2=O)nc1. The van der Waals surface area contributed by atoms with Gasteiger partial charge in [-0.05, 0) is 41.8 Å². The first kappa shape index (κ1) is 21.2. The van der Waals surface area contributed by atoms with Crippen LogP contribution in [0.25, 0.3) is 0 Å². The number of hydrazone groups is 1. The molecule has 0 radical (unpaired) electrons. The van der Waals surface area contributed by atoms with Crippen molar-refractivity contribution in [2.45, 2.75) is 19.4 Å². The van der Waals surface area contributed by atoms with Crippen LogP contribution in [0.3, 0.4) is 0 Å². The Balaban J connectivity index is 1.51. The first-order chi connectivity index (χ1) is 16.0. The highest BCUT2D eigenvalue weighted by Gasteiger charge is 2.32. The summed E-state index contributed by atoms with van der Waals surface area (Å²) < 4.78 is 2.96. The molecule has 5 rings (SSSR count). The molecule has 2 aromatic heterocycles. The minimum atomic E-state index is -0.209. The van der Waals surface area contributed by atoms with Gasteiger partial charge in [0.2, 0.25) is 5.95 Å². The van der Waals surface area contributed by atoms with Crippen molar-refractivity contribution in [1.82, 2.24) is 19.3 Å². The molecule has 8 heteroatoms. The third-order valence-corrected chi connectivity index (χ3v) is 6.04. The van der Waals surface area contributed by atoms with E-state index in [1.165, 1.54) is 9.25 Å². The summed E-state index contributed by atoms with van der Waals surface area (Å²) >= 11 is 6.11. The second-order valence-electron chi connectivity index (χ2n) is 8.16. The van der Waals surface area contributed by atoms with E-state index in [9.17, 15) is 4.79 Å². The van der Waals surface area contributed by atoms with E-state index >= 15 is 0 Å². The fourth-order valence-electron chi connectivity index (χ4n) is 4.00. The molecule has 7 nitrogen and oxygen atoms in total. The van der Waals surface area contributed by atoms with Gasteiger partial charge in [0.15, 0.2) is 0 Å². The van der Waals surface area contributed by atoms with Crippen LogP contribution >= 0.6 is 11.6 Å². The van der Waals surface area contributed by atoms with E-state index in [2.05, 4.69) is 22.2 Å². The van der Waals surface area contributed by atoms with Crippen molar-refractivity contribution in [3.05, 3.63) is 111 Å². The molecule has 0 saturated carbocycles. The summed E-state index contributed by atoms with van der Waals surface area (Å²) in [4.78, 5) is 17.3. The van der Waals surface area contributed by atoms with E-state index in [-0.39, 0.29) is 11.6 Å². The molecule has 0 amide bonds. The molecule has 0 aliphatic carbocycles. The number of aryl methyl sites for hydroxylation is 1. The number of hydrogen-bond acceptors (Lipinski definition) is 5. The van der Waals surface area contributed by atoms with Crippen molar-refractivity contribution in [2.24, 2.45) is 12.1 Å². The molecule has 3 heterocycles. The molecule has 33 heavy (non-hydrogen) atoms. The van der Waals surface area contributed by atoms with Crippen molar-refractivity contribution in [1.29, 1.82) is 0 Å². The zero-order chi connectivity index (χ0) is 22.9. The Morgan fingerprint density at radius 1 is 1.03 bits per heavy atom. The van der Waals surface area contributed by atoms with Crippen LogP contribution in [0.15, 0.2) is 82.8 Å². The summed E-state index contributed by atoms with van der Waals surface area (Å²) in [6, 6.07) is 21.8. The summed E-state index contributed by atoms with van der Waals surface area (Å²) in [5.74, 6) is 0.531. The maximum absolute atomic E-state index is 12.9. The Morgan fingerprint density at radius 2 is 1.79 bits per heavy atom. The molecule has 1 atom stereocenters. The van der Waals surface area contributed by atoms with Crippen molar-refractivity contribution < 1.29 is 0 Å². The summed E-state index contributed by atoms with van der Waals surface area (Å²) in [6.07, 6.45) is 1.79. The Bertz CT molecular complexity index is 1360. The largest absolute Gasteiger partial charge is 0.347 e. The zero-order valence-electron chi connectivity index (χ0n) is 18.4. The molecule has 2 aromatic carbocycles. The molecule has 0 N–H and O–H groups in total. The fourth-order valence-corrected chi connectivity index (χ4v) is 4.13. The molecule has 1 aliphatic heterocycles. The number of anilines is 1. The first-order valence-electron chi connectivity index (χ1n) is 10.7. The van der Waals surface area contributed by atoms with E-state index in [1.807, 2.05) is 66.5 Å². The lowest BCUT2D eigenvalue weighted by Crippen LogP contribution is -2.25. The van der Waals surface area contributed by atoms with Crippen molar-refractivity contribution in [3.63, 3.8) is 0 Å². The first-order valence-corrected chi connectivity index (χ1v) is 11.1. The number of aromatic nitrogens is 4. The average Bonchev–Trinajstić information content (AvgIpc) is 3.39. The van der Waals surface area contributed by atoms with E-state index in [4.69, 9.17) is 16.7 Å². The van der Waals surface area contributed by atoms with Crippen molar-refractivity contribution in [3.8, 4) is 0 Å². The Morgan fingerprint density at radius 3 is 2.48 bits per heavy atom. The maximum Gasteiger partial charge on any atom is 0.347 e. The number of nitrogens with zero attached hydrogens (tertiary/aromatic N) is 6. The summed E-state index contributed by atoms with van der Waals surface area (Å²) in [5, 5.41) is 12.0. The van der Waals surface area contributed by atoms with Gasteiger partial charge in [0.05, 0.1) is 24.5 Å². The van der Waals surface area contributed by atoms with E-state index in [0.717, 1.165) is 28.1 Å². The Kier molecular flexibility index (Phi) is 5.56. The van der Waals surface area contributed by atoms with Crippen molar-refractivity contribution in [2.75, 3.05) is 11.6 Å². The minimum absolute atomic E-state index is 0.0337. The topological polar surface area (TPSA) is 68.3 Å². The third kappa shape index (κ3) is 4.19. The van der Waals surface area contributed by atoms with Crippen LogP contribution in [0.4, 0.5) is 5.95 Å². The molecule has 166 valence electrons. The molecule has 1 unspecified atom stereocenters. The van der Waals surface area contributed by atoms with Gasteiger partial charge < -0.3 is 0 Å². The van der Waals surface area contributed by atoms with E-state index in [0.29, 0.717) is 24.1 Å². The van der Waals surface area contributed by atoms with E-state index < -0.39 is 0 Å². The quantitative estimate of drug-likeness (QED) is 0.453. The molecule has 0 spiro atoms. The maximum atomic E-state index is 12.9. The molecule has 0 bridgehead atoms. The van der Waals surface area contributed by atoms with Crippen LogP contribution in [0.1, 0.15) is 28.3 Å². The van der Waals surface area contributed by atoms with Crippen LogP contribution in [0.2, 0.25) is 5.02 Å². The van der Waals surface area contributed by atoms with Gasteiger partial charge in [-0.3, -0.25) is 9.55 Å². The molecular formula is C25H23ClN6O.